The number of hydrogen-bond donors (Lipinski definition) is 1. The van der Waals surface area contributed by atoms with E-state index < -0.39 is 0 Å². The highest BCUT2D eigenvalue weighted by molar-refractivity contribution is 6.31. The molecule has 3 nitrogen and oxygen atoms in total. The van der Waals surface area contributed by atoms with E-state index in [-0.39, 0.29) is 0 Å². The molecule has 1 saturated heterocycles. The van der Waals surface area contributed by atoms with E-state index in [1.165, 1.54) is 24.1 Å². The van der Waals surface area contributed by atoms with Crippen molar-refractivity contribution in [3.63, 3.8) is 0 Å². The molecule has 0 aliphatic carbocycles. The van der Waals surface area contributed by atoms with E-state index in [0.29, 0.717) is 5.15 Å². The molecule has 4 heteroatoms. The molecule has 0 atom stereocenters. The van der Waals surface area contributed by atoms with Gasteiger partial charge in [0.05, 0.1) is 5.69 Å². The van der Waals surface area contributed by atoms with Crippen LogP contribution in [0.2, 0.25) is 5.15 Å². The van der Waals surface area contributed by atoms with Crippen LogP contribution in [0.25, 0.3) is 0 Å². The number of nitrogens with one attached hydrogen (secondary N) is 1. The van der Waals surface area contributed by atoms with Crippen LogP contribution in [-0.4, -0.2) is 18.1 Å². The number of aromatic nitrogens is 1. The lowest BCUT2D eigenvalue weighted by Gasteiger charge is -2.21. The van der Waals surface area contributed by atoms with Gasteiger partial charge in [-0.15, -0.1) is 0 Å². The summed E-state index contributed by atoms with van der Waals surface area (Å²) in [5.41, 5.74) is 4.64. The highest BCUT2D eigenvalue weighted by Crippen LogP contribution is 2.26. The number of rotatable bonds is 4. The summed E-state index contributed by atoms with van der Waals surface area (Å²) >= 11 is 6.15. The largest absolute Gasteiger partial charge is 0.378 e. The van der Waals surface area contributed by atoms with Gasteiger partial charge >= 0.3 is 0 Å². The summed E-state index contributed by atoms with van der Waals surface area (Å²) < 4.78 is 0. The first-order valence-corrected chi connectivity index (χ1v) is 7.81. The Labute approximate surface area is 131 Å². The van der Waals surface area contributed by atoms with Gasteiger partial charge < -0.3 is 10.2 Å². The highest BCUT2D eigenvalue weighted by atomic mass is 35.5. The third-order valence-electron chi connectivity index (χ3n) is 3.88. The van der Waals surface area contributed by atoms with E-state index >= 15 is 0 Å². The Kier molecular flexibility index (Phi) is 4.30. The Morgan fingerprint density at radius 1 is 1.24 bits per heavy atom. The maximum Gasteiger partial charge on any atom is 0.152 e. The van der Waals surface area contributed by atoms with Crippen LogP contribution in [0.3, 0.4) is 0 Å². The van der Waals surface area contributed by atoms with Crippen molar-refractivity contribution in [3.05, 3.63) is 52.8 Å². The van der Waals surface area contributed by atoms with Gasteiger partial charge in [-0.2, -0.15) is 0 Å². The monoisotopic (exact) mass is 301 g/mol. The molecular weight excluding hydrogens is 282 g/mol. The summed E-state index contributed by atoms with van der Waals surface area (Å²) in [6.07, 6.45) is 4.36. The molecule has 0 spiro atoms. The van der Waals surface area contributed by atoms with Crippen molar-refractivity contribution in [3.8, 4) is 0 Å². The highest BCUT2D eigenvalue weighted by Gasteiger charge is 2.15. The molecule has 0 radical (unpaired) electrons. The summed E-state index contributed by atoms with van der Waals surface area (Å²) in [5.74, 6) is 0. The summed E-state index contributed by atoms with van der Waals surface area (Å²) in [4.78, 5) is 6.65. The van der Waals surface area contributed by atoms with Gasteiger partial charge in [-0.25, -0.2) is 4.98 Å². The zero-order valence-electron chi connectivity index (χ0n) is 12.3. The standard InChI is InChI=1S/C17H20ClN3/c1-13-10-15(17(18)20-11-13)19-12-14-6-2-3-7-16(14)21-8-4-5-9-21/h2-3,6-7,10-11,19H,4-5,8-9,12H2,1H3. The molecule has 0 saturated carbocycles. The topological polar surface area (TPSA) is 28.2 Å². The predicted octanol–water partition coefficient (Wildman–Crippen LogP) is 4.26. The molecule has 3 rings (SSSR count). The average Bonchev–Trinajstić information content (AvgIpc) is 3.03. The van der Waals surface area contributed by atoms with E-state index in [1.54, 1.807) is 6.20 Å². The van der Waals surface area contributed by atoms with Crippen LogP contribution >= 0.6 is 11.6 Å². The molecule has 21 heavy (non-hydrogen) atoms. The Morgan fingerprint density at radius 3 is 2.81 bits per heavy atom. The fourth-order valence-corrected chi connectivity index (χ4v) is 2.96. The lowest BCUT2D eigenvalue weighted by atomic mass is 10.1. The number of anilines is 2. The van der Waals surface area contributed by atoms with Crippen molar-refractivity contribution in [2.24, 2.45) is 0 Å². The number of nitrogens with zero attached hydrogens (tertiary/aromatic N) is 2. The Morgan fingerprint density at radius 2 is 2.00 bits per heavy atom. The molecule has 2 heterocycles. The summed E-state index contributed by atoms with van der Waals surface area (Å²) in [5, 5.41) is 3.94. The first-order chi connectivity index (χ1) is 10.2. The molecule has 110 valence electrons. The van der Waals surface area contributed by atoms with Gasteiger partial charge in [-0.05, 0) is 43.0 Å². The van der Waals surface area contributed by atoms with Crippen molar-refractivity contribution >= 4 is 23.0 Å². The number of aryl methyl sites for hydroxylation is 1. The molecule has 0 bridgehead atoms. The van der Waals surface area contributed by atoms with E-state index in [0.717, 1.165) is 30.9 Å². The van der Waals surface area contributed by atoms with E-state index in [1.807, 2.05) is 13.0 Å². The number of pyridine rings is 1. The Balaban J connectivity index is 1.77. The minimum atomic E-state index is 0.527. The van der Waals surface area contributed by atoms with Crippen LogP contribution in [0.4, 0.5) is 11.4 Å². The number of hydrogen-bond acceptors (Lipinski definition) is 3. The van der Waals surface area contributed by atoms with Crippen LogP contribution in [0.5, 0.6) is 0 Å². The molecule has 1 aliphatic heterocycles. The number of benzene rings is 1. The van der Waals surface area contributed by atoms with Crippen LogP contribution in [0.1, 0.15) is 24.0 Å². The summed E-state index contributed by atoms with van der Waals surface area (Å²) in [6.45, 7) is 5.09. The van der Waals surface area contributed by atoms with Gasteiger partial charge in [0.2, 0.25) is 0 Å². The predicted molar refractivity (Wildman–Crippen MR) is 89.2 cm³/mol. The van der Waals surface area contributed by atoms with Crippen LogP contribution < -0.4 is 10.2 Å². The molecule has 1 fully saturated rings. The molecule has 0 amide bonds. The zero-order chi connectivity index (χ0) is 14.7. The van der Waals surface area contributed by atoms with Crippen LogP contribution in [0, 0.1) is 6.92 Å². The van der Waals surface area contributed by atoms with Crippen molar-refractivity contribution < 1.29 is 0 Å². The third kappa shape index (κ3) is 3.30. The maximum atomic E-state index is 6.15. The SMILES string of the molecule is Cc1cnc(Cl)c(NCc2ccccc2N2CCCC2)c1. The fraction of sp³-hybridized carbons (Fsp3) is 0.353. The van der Waals surface area contributed by atoms with Gasteiger partial charge in [0.15, 0.2) is 5.15 Å². The van der Waals surface area contributed by atoms with Crippen molar-refractivity contribution in [1.82, 2.24) is 4.98 Å². The second-order valence-electron chi connectivity index (χ2n) is 5.53. The third-order valence-corrected chi connectivity index (χ3v) is 4.18. The normalized spacial score (nSPS) is 14.5. The lowest BCUT2D eigenvalue weighted by molar-refractivity contribution is 0.949. The Bertz CT molecular complexity index is 621. The molecule has 1 N–H and O–H groups in total. The summed E-state index contributed by atoms with van der Waals surface area (Å²) in [6, 6.07) is 10.6. The molecule has 0 unspecified atom stereocenters. The first-order valence-electron chi connectivity index (χ1n) is 7.43. The number of halogens is 1. The second kappa shape index (κ2) is 6.35. The molecule has 1 aliphatic rings. The second-order valence-corrected chi connectivity index (χ2v) is 5.89. The van der Waals surface area contributed by atoms with Crippen LogP contribution in [-0.2, 0) is 6.54 Å². The zero-order valence-corrected chi connectivity index (χ0v) is 13.0. The van der Waals surface area contributed by atoms with Gasteiger partial charge in [-0.3, -0.25) is 0 Å². The minimum Gasteiger partial charge on any atom is -0.378 e. The van der Waals surface area contributed by atoms with E-state index in [4.69, 9.17) is 11.6 Å². The quantitative estimate of drug-likeness (QED) is 0.856. The smallest absolute Gasteiger partial charge is 0.152 e. The Hall–Kier alpha value is -1.74. The van der Waals surface area contributed by atoms with Gasteiger partial charge in [0.1, 0.15) is 0 Å². The summed E-state index contributed by atoms with van der Waals surface area (Å²) in [7, 11) is 0. The van der Waals surface area contributed by atoms with Gasteiger partial charge in [-0.1, -0.05) is 29.8 Å². The lowest BCUT2D eigenvalue weighted by Crippen LogP contribution is -2.20. The number of para-hydroxylation sites is 1. The van der Waals surface area contributed by atoms with Crippen molar-refractivity contribution in [2.75, 3.05) is 23.3 Å². The van der Waals surface area contributed by atoms with Gasteiger partial charge in [0, 0.05) is 31.5 Å². The average molecular weight is 302 g/mol. The maximum absolute atomic E-state index is 6.15. The molecule has 1 aromatic heterocycles. The first kappa shape index (κ1) is 14.2. The molecular formula is C17H20ClN3. The van der Waals surface area contributed by atoms with E-state index in [2.05, 4.69) is 39.5 Å². The fourth-order valence-electron chi connectivity index (χ4n) is 2.79. The van der Waals surface area contributed by atoms with Gasteiger partial charge in [0.25, 0.3) is 0 Å². The van der Waals surface area contributed by atoms with Crippen LogP contribution in [0.15, 0.2) is 36.5 Å². The molecule has 1 aromatic carbocycles. The van der Waals surface area contributed by atoms with Crippen molar-refractivity contribution in [2.45, 2.75) is 26.3 Å². The van der Waals surface area contributed by atoms with E-state index in [9.17, 15) is 0 Å². The molecule has 2 aromatic rings. The minimum absolute atomic E-state index is 0.527. The van der Waals surface area contributed by atoms with Crippen molar-refractivity contribution in [1.29, 1.82) is 0 Å².